The molecular formula is C17H16N4. The maximum absolute atomic E-state index is 4.44. The fraction of sp³-hybridized carbons (Fsp3) is 0.294. The molecule has 3 heterocycles. The van der Waals surface area contributed by atoms with Gasteiger partial charge in [0.05, 0.1) is 11.6 Å². The second-order valence-corrected chi connectivity index (χ2v) is 5.92. The Morgan fingerprint density at radius 2 is 1.95 bits per heavy atom. The third kappa shape index (κ3) is 1.50. The number of aromatic nitrogens is 3. The second kappa shape index (κ2) is 4.07. The van der Waals surface area contributed by atoms with E-state index in [1.807, 2.05) is 12.1 Å². The lowest BCUT2D eigenvalue weighted by atomic mass is 9.95. The molecule has 0 radical (unpaired) electrons. The van der Waals surface area contributed by atoms with Crippen molar-refractivity contribution in [2.75, 3.05) is 18.0 Å². The van der Waals surface area contributed by atoms with Gasteiger partial charge in [-0.25, -0.2) is 4.68 Å². The van der Waals surface area contributed by atoms with Crippen LogP contribution in [0.3, 0.4) is 0 Å². The number of fused-ring (bicyclic) bond motifs is 1. The van der Waals surface area contributed by atoms with Crippen molar-refractivity contribution in [3.63, 3.8) is 0 Å². The van der Waals surface area contributed by atoms with Crippen molar-refractivity contribution >= 4 is 16.7 Å². The topological polar surface area (TPSA) is 34.0 Å². The minimum absolute atomic E-state index is 0.307. The molecule has 3 aromatic rings. The summed E-state index contributed by atoms with van der Waals surface area (Å²) in [5.74, 6) is 0. The van der Waals surface area contributed by atoms with Crippen LogP contribution in [0.15, 0.2) is 42.5 Å². The van der Waals surface area contributed by atoms with Crippen LogP contribution in [-0.4, -0.2) is 28.1 Å². The summed E-state index contributed by atoms with van der Waals surface area (Å²) in [7, 11) is 0. The largest absolute Gasteiger partial charge is 0.371 e. The van der Waals surface area contributed by atoms with Crippen molar-refractivity contribution in [3.05, 3.63) is 53.6 Å². The van der Waals surface area contributed by atoms with Gasteiger partial charge in [-0.15, -0.1) is 5.10 Å². The summed E-state index contributed by atoms with van der Waals surface area (Å²) >= 11 is 0. The van der Waals surface area contributed by atoms with Crippen LogP contribution >= 0.6 is 0 Å². The Kier molecular flexibility index (Phi) is 2.19. The van der Waals surface area contributed by atoms with E-state index in [4.69, 9.17) is 0 Å². The van der Waals surface area contributed by atoms with Gasteiger partial charge in [0.2, 0.25) is 0 Å². The molecule has 4 nitrogen and oxygen atoms in total. The molecule has 0 N–H and O–H groups in total. The van der Waals surface area contributed by atoms with Crippen molar-refractivity contribution in [1.82, 2.24) is 15.0 Å². The number of anilines is 1. The van der Waals surface area contributed by atoms with Crippen LogP contribution in [-0.2, 0) is 6.42 Å². The number of hydrogen-bond donors (Lipinski definition) is 0. The molecule has 0 amide bonds. The highest BCUT2D eigenvalue weighted by atomic mass is 15.4. The van der Waals surface area contributed by atoms with Gasteiger partial charge in [0.15, 0.2) is 0 Å². The molecule has 0 saturated carbocycles. The highest BCUT2D eigenvalue weighted by Crippen LogP contribution is 2.42. The molecule has 2 aliphatic heterocycles. The predicted octanol–water partition coefficient (Wildman–Crippen LogP) is 2.79. The lowest BCUT2D eigenvalue weighted by Crippen LogP contribution is -2.31. The van der Waals surface area contributed by atoms with Gasteiger partial charge in [0.25, 0.3) is 0 Å². The summed E-state index contributed by atoms with van der Waals surface area (Å²) in [6.45, 7) is 2.28. The van der Waals surface area contributed by atoms with Crippen LogP contribution in [0.1, 0.15) is 23.6 Å². The highest BCUT2D eigenvalue weighted by molar-refractivity contribution is 5.75. The minimum Gasteiger partial charge on any atom is -0.371 e. The van der Waals surface area contributed by atoms with Gasteiger partial charge in [-0.2, -0.15) is 0 Å². The molecule has 5 rings (SSSR count). The van der Waals surface area contributed by atoms with Crippen LogP contribution in [0.25, 0.3) is 11.0 Å². The third-order valence-electron chi connectivity index (χ3n) is 4.82. The lowest BCUT2D eigenvalue weighted by molar-refractivity contribution is 0.473. The molecule has 1 aromatic heterocycles. The zero-order valence-corrected chi connectivity index (χ0v) is 11.7. The summed E-state index contributed by atoms with van der Waals surface area (Å²) in [4.78, 5) is 2.53. The van der Waals surface area contributed by atoms with Crippen LogP contribution in [0.2, 0.25) is 0 Å². The number of hydrogen-bond acceptors (Lipinski definition) is 3. The van der Waals surface area contributed by atoms with E-state index in [0.29, 0.717) is 6.04 Å². The first-order chi connectivity index (χ1) is 10.4. The van der Waals surface area contributed by atoms with Crippen molar-refractivity contribution in [2.45, 2.75) is 18.9 Å². The monoisotopic (exact) mass is 276 g/mol. The number of para-hydroxylation sites is 2. The Labute approximate surface area is 123 Å². The molecule has 21 heavy (non-hydrogen) atoms. The molecule has 2 aliphatic rings. The summed E-state index contributed by atoms with van der Waals surface area (Å²) in [5.41, 5.74) is 6.46. The Hall–Kier alpha value is -2.36. The zero-order valence-electron chi connectivity index (χ0n) is 11.7. The van der Waals surface area contributed by atoms with E-state index < -0.39 is 0 Å². The van der Waals surface area contributed by atoms with Crippen LogP contribution in [0, 0.1) is 0 Å². The fourth-order valence-electron chi connectivity index (χ4n) is 3.86. The van der Waals surface area contributed by atoms with Crippen LogP contribution in [0.5, 0.6) is 0 Å². The molecule has 4 heteroatoms. The molecule has 0 bridgehead atoms. The quantitative estimate of drug-likeness (QED) is 0.685. The van der Waals surface area contributed by atoms with Gasteiger partial charge in [0.1, 0.15) is 5.52 Å². The molecular weight excluding hydrogens is 260 g/mol. The average molecular weight is 276 g/mol. The Balaban J connectivity index is 1.72. The van der Waals surface area contributed by atoms with Gasteiger partial charge >= 0.3 is 0 Å². The molecule has 0 spiro atoms. The first-order valence-electron chi connectivity index (χ1n) is 7.58. The molecule has 104 valence electrons. The van der Waals surface area contributed by atoms with Gasteiger partial charge < -0.3 is 4.90 Å². The van der Waals surface area contributed by atoms with E-state index in [-0.39, 0.29) is 0 Å². The third-order valence-corrected chi connectivity index (χ3v) is 4.82. The summed E-state index contributed by atoms with van der Waals surface area (Å²) in [5, 5.41) is 8.76. The van der Waals surface area contributed by atoms with E-state index in [1.165, 1.54) is 23.2 Å². The Morgan fingerprint density at radius 3 is 2.95 bits per heavy atom. The molecule has 0 unspecified atom stereocenters. The molecule has 0 aliphatic carbocycles. The number of nitrogens with zero attached hydrogens (tertiary/aromatic N) is 4. The summed E-state index contributed by atoms with van der Waals surface area (Å²) in [6.07, 6.45) is 2.28. The van der Waals surface area contributed by atoms with Gasteiger partial charge in [-0.3, -0.25) is 0 Å². The predicted molar refractivity (Wildman–Crippen MR) is 82.6 cm³/mol. The number of rotatable bonds is 1. The first kappa shape index (κ1) is 11.3. The first-order valence-corrected chi connectivity index (χ1v) is 7.58. The smallest absolute Gasteiger partial charge is 0.113 e. The maximum atomic E-state index is 4.44. The van der Waals surface area contributed by atoms with E-state index in [0.717, 1.165) is 30.5 Å². The zero-order chi connectivity index (χ0) is 13.8. The SMILES string of the molecule is c1cc2c3c(c1)[C@H](n1nnc4ccccc41)CCN3CC2. The van der Waals surface area contributed by atoms with Crippen molar-refractivity contribution in [1.29, 1.82) is 0 Å². The molecule has 0 saturated heterocycles. The van der Waals surface area contributed by atoms with E-state index in [2.05, 4.69) is 50.2 Å². The van der Waals surface area contributed by atoms with Gasteiger partial charge in [-0.05, 0) is 30.5 Å². The molecule has 1 atom stereocenters. The lowest BCUT2D eigenvalue weighted by Gasteiger charge is -2.33. The van der Waals surface area contributed by atoms with Crippen LogP contribution in [0.4, 0.5) is 5.69 Å². The normalized spacial score (nSPS) is 20.0. The minimum atomic E-state index is 0.307. The average Bonchev–Trinajstić information content (AvgIpc) is 3.14. The fourth-order valence-corrected chi connectivity index (χ4v) is 3.86. The molecule has 2 aromatic carbocycles. The van der Waals surface area contributed by atoms with E-state index >= 15 is 0 Å². The van der Waals surface area contributed by atoms with E-state index in [9.17, 15) is 0 Å². The Bertz CT molecular complexity index is 836. The standard InChI is InChI=1S/C17H16N4/c1-2-7-16-14(6-1)18-19-21(16)15-9-11-20-10-8-12-4-3-5-13(15)17(12)20/h1-7,15H,8-11H2/t15-/m1/s1. The van der Waals surface area contributed by atoms with Crippen molar-refractivity contribution < 1.29 is 0 Å². The van der Waals surface area contributed by atoms with Gasteiger partial charge in [0, 0.05) is 24.3 Å². The molecule has 0 fully saturated rings. The summed E-state index contributed by atoms with van der Waals surface area (Å²) in [6, 6.07) is 15.2. The highest BCUT2D eigenvalue weighted by Gasteiger charge is 2.32. The van der Waals surface area contributed by atoms with Gasteiger partial charge in [-0.1, -0.05) is 35.5 Å². The number of benzene rings is 2. The van der Waals surface area contributed by atoms with Crippen molar-refractivity contribution in [2.24, 2.45) is 0 Å². The Morgan fingerprint density at radius 1 is 1.00 bits per heavy atom. The van der Waals surface area contributed by atoms with E-state index in [1.54, 1.807) is 0 Å². The summed E-state index contributed by atoms with van der Waals surface area (Å²) < 4.78 is 2.11. The second-order valence-electron chi connectivity index (χ2n) is 5.92. The van der Waals surface area contributed by atoms with Crippen molar-refractivity contribution in [3.8, 4) is 0 Å². The maximum Gasteiger partial charge on any atom is 0.113 e. The van der Waals surface area contributed by atoms with Crippen LogP contribution < -0.4 is 4.90 Å².